The van der Waals surface area contributed by atoms with Crippen molar-refractivity contribution >= 4 is 34.8 Å². The Balaban J connectivity index is 2.59. The SMILES string of the molecule is CCCC/C(C)=N\NC(=O)C(=O)Nc1cc(Cl)ccc1C. The molecule has 2 N–H and O–H groups in total. The molecule has 0 radical (unpaired) electrons. The first kappa shape index (κ1) is 17.2. The predicted octanol–water partition coefficient (Wildman–Crippen LogP) is 3.27. The summed E-state index contributed by atoms with van der Waals surface area (Å²) in [6.07, 6.45) is 2.85. The van der Waals surface area contributed by atoms with Crippen molar-refractivity contribution in [1.29, 1.82) is 0 Å². The van der Waals surface area contributed by atoms with Crippen LogP contribution in [0.1, 0.15) is 38.7 Å². The van der Waals surface area contributed by atoms with Crippen molar-refractivity contribution < 1.29 is 9.59 Å². The normalized spacial score (nSPS) is 11.1. The van der Waals surface area contributed by atoms with Gasteiger partial charge in [-0.15, -0.1) is 0 Å². The number of hydrazone groups is 1. The minimum atomic E-state index is -0.801. The van der Waals surface area contributed by atoms with E-state index < -0.39 is 11.8 Å². The molecule has 21 heavy (non-hydrogen) atoms. The summed E-state index contributed by atoms with van der Waals surface area (Å²) in [4.78, 5) is 23.4. The number of nitrogens with one attached hydrogen (secondary N) is 2. The van der Waals surface area contributed by atoms with Crippen molar-refractivity contribution in [1.82, 2.24) is 5.43 Å². The number of carbonyl (C=O) groups is 2. The first-order valence-corrected chi connectivity index (χ1v) is 7.22. The molecule has 0 aliphatic rings. The Morgan fingerprint density at radius 1 is 1.29 bits per heavy atom. The van der Waals surface area contributed by atoms with E-state index in [1.54, 1.807) is 18.2 Å². The lowest BCUT2D eigenvalue weighted by Crippen LogP contribution is -2.33. The van der Waals surface area contributed by atoms with Crippen molar-refractivity contribution in [3.05, 3.63) is 28.8 Å². The second kappa shape index (κ2) is 8.42. The summed E-state index contributed by atoms with van der Waals surface area (Å²) in [5.41, 5.74) is 4.37. The van der Waals surface area contributed by atoms with Crippen LogP contribution >= 0.6 is 11.6 Å². The molecule has 0 atom stereocenters. The van der Waals surface area contributed by atoms with Crippen LogP contribution in [0.5, 0.6) is 0 Å². The van der Waals surface area contributed by atoms with Crippen molar-refractivity contribution in [2.24, 2.45) is 5.10 Å². The number of nitrogens with zero attached hydrogens (tertiary/aromatic N) is 1. The van der Waals surface area contributed by atoms with Crippen LogP contribution in [0.2, 0.25) is 5.02 Å². The second-order valence-electron chi connectivity index (χ2n) is 4.80. The number of aryl methyl sites for hydroxylation is 1. The smallest absolute Gasteiger partial charge is 0.317 e. The van der Waals surface area contributed by atoms with E-state index in [-0.39, 0.29) is 0 Å². The quantitative estimate of drug-likeness (QED) is 0.498. The highest BCUT2D eigenvalue weighted by molar-refractivity contribution is 6.40. The Labute approximate surface area is 129 Å². The summed E-state index contributed by atoms with van der Waals surface area (Å²) in [5.74, 6) is -1.57. The lowest BCUT2D eigenvalue weighted by molar-refractivity contribution is -0.136. The molecule has 1 rings (SSSR count). The summed E-state index contributed by atoms with van der Waals surface area (Å²) in [6.45, 7) is 5.71. The Hall–Kier alpha value is -1.88. The summed E-state index contributed by atoms with van der Waals surface area (Å²) < 4.78 is 0. The highest BCUT2D eigenvalue weighted by Gasteiger charge is 2.14. The van der Waals surface area contributed by atoms with Crippen LogP contribution in [-0.2, 0) is 9.59 Å². The molecule has 6 heteroatoms. The zero-order chi connectivity index (χ0) is 15.8. The van der Waals surface area contributed by atoms with E-state index in [2.05, 4.69) is 22.8 Å². The predicted molar refractivity (Wildman–Crippen MR) is 85.6 cm³/mol. The van der Waals surface area contributed by atoms with Crippen LogP contribution in [0.15, 0.2) is 23.3 Å². The third kappa shape index (κ3) is 5.95. The van der Waals surface area contributed by atoms with Gasteiger partial charge in [0.1, 0.15) is 0 Å². The number of unbranched alkanes of at least 4 members (excludes halogenated alkanes) is 1. The lowest BCUT2D eigenvalue weighted by Gasteiger charge is -2.08. The van der Waals surface area contributed by atoms with Gasteiger partial charge >= 0.3 is 11.8 Å². The molecular formula is C15H20ClN3O2. The number of amides is 2. The van der Waals surface area contributed by atoms with Gasteiger partial charge < -0.3 is 5.32 Å². The minimum Gasteiger partial charge on any atom is -0.317 e. The molecule has 0 fully saturated rings. The van der Waals surface area contributed by atoms with Gasteiger partial charge in [0.25, 0.3) is 0 Å². The maximum absolute atomic E-state index is 11.8. The fourth-order valence-electron chi connectivity index (χ4n) is 1.59. The van der Waals surface area contributed by atoms with Gasteiger partial charge in [0.2, 0.25) is 0 Å². The van der Waals surface area contributed by atoms with Gasteiger partial charge in [0.05, 0.1) is 0 Å². The molecule has 114 valence electrons. The maximum atomic E-state index is 11.8. The first-order valence-electron chi connectivity index (χ1n) is 6.84. The van der Waals surface area contributed by atoms with Gasteiger partial charge in [-0.3, -0.25) is 9.59 Å². The van der Waals surface area contributed by atoms with Crippen LogP contribution in [0.25, 0.3) is 0 Å². The summed E-state index contributed by atoms with van der Waals surface area (Å²) in [7, 11) is 0. The van der Waals surface area contributed by atoms with Gasteiger partial charge in [-0.05, 0) is 44.4 Å². The third-order valence-electron chi connectivity index (χ3n) is 2.89. The molecule has 0 aromatic heterocycles. The fraction of sp³-hybridized carbons (Fsp3) is 0.400. The van der Waals surface area contributed by atoms with E-state index in [9.17, 15) is 9.59 Å². The Bertz CT molecular complexity index is 556. The van der Waals surface area contributed by atoms with E-state index in [1.165, 1.54) is 0 Å². The monoisotopic (exact) mass is 309 g/mol. The number of benzene rings is 1. The maximum Gasteiger partial charge on any atom is 0.329 e. The minimum absolute atomic E-state index is 0.490. The Morgan fingerprint density at radius 3 is 2.67 bits per heavy atom. The zero-order valence-electron chi connectivity index (χ0n) is 12.5. The number of halogens is 1. The first-order chi connectivity index (χ1) is 9.93. The Kier molecular flexibility index (Phi) is 6.88. The van der Waals surface area contributed by atoms with Gasteiger partial charge in [-0.2, -0.15) is 5.10 Å². The van der Waals surface area contributed by atoms with Crippen LogP contribution in [0, 0.1) is 6.92 Å². The molecule has 1 aromatic rings. The molecule has 0 aliphatic heterocycles. The van der Waals surface area contributed by atoms with Crippen molar-refractivity contribution in [3.8, 4) is 0 Å². The number of hydrogen-bond donors (Lipinski definition) is 2. The summed E-state index contributed by atoms with van der Waals surface area (Å²) in [6, 6.07) is 5.08. The van der Waals surface area contributed by atoms with Crippen LogP contribution in [0.4, 0.5) is 5.69 Å². The zero-order valence-corrected chi connectivity index (χ0v) is 13.3. The molecule has 0 aliphatic carbocycles. The average molecular weight is 310 g/mol. The van der Waals surface area contributed by atoms with Gasteiger partial charge in [0, 0.05) is 16.4 Å². The molecule has 0 unspecified atom stereocenters. The van der Waals surface area contributed by atoms with E-state index >= 15 is 0 Å². The van der Waals surface area contributed by atoms with Gasteiger partial charge in [-0.25, -0.2) is 5.43 Å². The molecule has 0 spiro atoms. The van der Waals surface area contributed by atoms with Gasteiger partial charge in [-0.1, -0.05) is 31.0 Å². The lowest BCUT2D eigenvalue weighted by atomic mass is 10.2. The van der Waals surface area contributed by atoms with E-state index in [4.69, 9.17) is 11.6 Å². The number of carbonyl (C=O) groups excluding carboxylic acids is 2. The van der Waals surface area contributed by atoms with Crippen LogP contribution in [0.3, 0.4) is 0 Å². The Morgan fingerprint density at radius 2 is 2.00 bits per heavy atom. The van der Waals surface area contributed by atoms with Crippen molar-refractivity contribution in [3.63, 3.8) is 0 Å². The second-order valence-corrected chi connectivity index (χ2v) is 5.24. The summed E-state index contributed by atoms with van der Waals surface area (Å²) in [5, 5.41) is 6.90. The molecule has 1 aromatic carbocycles. The number of anilines is 1. The number of rotatable bonds is 5. The molecule has 5 nitrogen and oxygen atoms in total. The third-order valence-corrected chi connectivity index (χ3v) is 3.13. The van der Waals surface area contributed by atoms with Crippen molar-refractivity contribution in [2.75, 3.05) is 5.32 Å². The van der Waals surface area contributed by atoms with E-state index in [0.717, 1.165) is 30.5 Å². The van der Waals surface area contributed by atoms with Gasteiger partial charge in [0.15, 0.2) is 0 Å². The molecule has 0 saturated heterocycles. The molecule has 0 bridgehead atoms. The molecule has 2 amide bonds. The van der Waals surface area contributed by atoms with E-state index in [1.807, 2.05) is 13.8 Å². The van der Waals surface area contributed by atoms with Crippen LogP contribution in [-0.4, -0.2) is 17.5 Å². The number of hydrogen-bond acceptors (Lipinski definition) is 3. The highest BCUT2D eigenvalue weighted by atomic mass is 35.5. The molecule has 0 heterocycles. The molecule has 0 saturated carbocycles. The standard InChI is InChI=1S/C15H20ClN3O2/c1-4-5-6-11(3)18-19-15(21)14(20)17-13-9-12(16)8-7-10(13)2/h7-9H,4-6H2,1-3H3,(H,17,20)(H,19,21)/b18-11-. The van der Waals surface area contributed by atoms with Crippen molar-refractivity contribution in [2.45, 2.75) is 40.0 Å². The largest absolute Gasteiger partial charge is 0.329 e. The fourth-order valence-corrected chi connectivity index (χ4v) is 1.77. The highest BCUT2D eigenvalue weighted by Crippen LogP contribution is 2.19. The average Bonchev–Trinajstić information content (AvgIpc) is 2.46. The topological polar surface area (TPSA) is 70.6 Å². The van der Waals surface area contributed by atoms with Crippen LogP contribution < -0.4 is 10.7 Å². The summed E-state index contributed by atoms with van der Waals surface area (Å²) >= 11 is 5.86. The molecular weight excluding hydrogens is 290 g/mol. The van der Waals surface area contributed by atoms with E-state index in [0.29, 0.717) is 10.7 Å².